The smallest absolute Gasteiger partial charge is 0.250 e. The SMILES string of the molecule is CC(C)C[C@@H](N)C(=O)N1CC2CC(C1)c1cccc(=O)n1C2. The normalized spacial score (nSPS) is 25.0. The lowest BCUT2D eigenvalue weighted by Gasteiger charge is -2.43. The highest BCUT2D eigenvalue weighted by Crippen LogP contribution is 2.35. The zero-order valence-electron chi connectivity index (χ0n) is 13.4. The summed E-state index contributed by atoms with van der Waals surface area (Å²) >= 11 is 0. The highest BCUT2D eigenvalue weighted by atomic mass is 16.2. The van der Waals surface area contributed by atoms with Gasteiger partial charge in [-0.15, -0.1) is 0 Å². The Hall–Kier alpha value is -1.62. The van der Waals surface area contributed by atoms with Gasteiger partial charge in [-0.05, 0) is 30.7 Å². The highest BCUT2D eigenvalue weighted by molar-refractivity contribution is 5.81. The molecule has 2 bridgehead atoms. The van der Waals surface area contributed by atoms with Crippen LogP contribution >= 0.6 is 0 Å². The molecule has 0 spiro atoms. The zero-order valence-corrected chi connectivity index (χ0v) is 13.4. The Morgan fingerprint density at radius 1 is 1.32 bits per heavy atom. The number of amides is 1. The van der Waals surface area contributed by atoms with Gasteiger partial charge in [-0.1, -0.05) is 19.9 Å². The number of fused-ring (bicyclic) bond motifs is 4. The predicted octanol–water partition coefficient (Wildman–Crippen LogP) is 1.17. The number of likely N-dealkylation sites (tertiary alicyclic amines) is 1. The summed E-state index contributed by atoms with van der Waals surface area (Å²) < 4.78 is 1.88. The summed E-state index contributed by atoms with van der Waals surface area (Å²) in [5.74, 6) is 1.11. The Morgan fingerprint density at radius 3 is 2.82 bits per heavy atom. The van der Waals surface area contributed by atoms with Gasteiger partial charge < -0.3 is 15.2 Å². The number of rotatable bonds is 3. The third-order valence-electron chi connectivity index (χ3n) is 4.83. The first kappa shape index (κ1) is 15.3. The van der Waals surface area contributed by atoms with E-state index in [4.69, 9.17) is 5.73 Å². The van der Waals surface area contributed by atoms with Crippen molar-refractivity contribution in [1.29, 1.82) is 0 Å². The van der Waals surface area contributed by atoms with Crippen LogP contribution in [-0.2, 0) is 11.3 Å². The number of pyridine rings is 1. The standard InChI is InChI=1S/C17H25N3O2/c1-11(2)6-14(18)17(22)19-8-12-7-13(10-19)15-4-3-5-16(21)20(15)9-12/h3-5,11-14H,6-10,18H2,1-2H3/t12?,13?,14-/m1/s1. The molecule has 1 saturated heterocycles. The average molecular weight is 303 g/mol. The van der Waals surface area contributed by atoms with E-state index in [-0.39, 0.29) is 17.4 Å². The van der Waals surface area contributed by atoms with Crippen LogP contribution in [-0.4, -0.2) is 34.5 Å². The monoisotopic (exact) mass is 303 g/mol. The van der Waals surface area contributed by atoms with E-state index in [1.54, 1.807) is 6.07 Å². The van der Waals surface area contributed by atoms with Crippen LogP contribution in [0, 0.1) is 11.8 Å². The molecule has 1 fully saturated rings. The van der Waals surface area contributed by atoms with Crippen molar-refractivity contribution in [3.8, 4) is 0 Å². The van der Waals surface area contributed by atoms with Crippen molar-refractivity contribution in [3.05, 3.63) is 34.2 Å². The number of carbonyl (C=O) groups is 1. The van der Waals surface area contributed by atoms with Crippen molar-refractivity contribution in [1.82, 2.24) is 9.47 Å². The maximum Gasteiger partial charge on any atom is 0.250 e. The predicted molar refractivity (Wildman–Crippen MR) is 85.6 cm³/mol. The van der Waals surface area contributed by atoms with Gasteiger partial charge in [-0.3, -0.25) is 9.59 Å². The van der Waals surface area contributed by atoms with Gasteiger partial charge in [0.1, 0.15) is 0 Å². The molecule has 3 heterocycles. The van der Waals surface area contributed by atoms with Gasteiger partial charge in [-0.2, -0.15) is 0 Å². The van der Waals surface area contributed by atoms with E-state index >= 15 is 0 Å². The first-order valence-corrected chi connectivity index (χ1v) is 8.19. The first-order valence-electron chi connectivity index (χ1n) is 8.19. The fourth-order valence-electron chi connectivity index (χ4n) is 3.92. The van der Waals surface area contributed by atoms with Crippen molar-refractivity contribution >= 4 is 5.91 Å². The molecule has 0 radical (unpaired) electrons. The molecule has 120 valence electrons. The van der Waals surface area contributed by atoms with Crippen LogP contribution in [0.15, 0.2) is 23.0 Å². The number of hydrogen-bond acceptors (Lipinski definition) is 3. The van der Waals surface area contributed by atoms with Gasteiger partial charge in [0, 0.05) is 37.3 Å². The molecular formula is C17H25N3O2. The Bertz CT molecular complexity index is 623. The summed E-state index contributed by atoms with van der Waals surface area (Å²) in [6, 6.07) is 5.05. The van der Waals surface area contributed by atoms with Crippen LogP contribution in [0.2, 0.25) is 0 Å². The summed E-state index contributed by atoms with van der Waals surface area (Å²) in [4.78, 5) is 26.5. The quantitative estimate of drug-likeness (QED) is 0.911. The van der Waals surface area contributed by atoms with Gasteiger partial charge in [0.25, 0.3) is 5.56 Å². The minimum Gasteiger partial charge on any atom is -0.340 e. The number of hydrogen-bond donors (Lipinski definition) is 1. The van der Waals surface area contributed by atoms with E-state index in [2.05, 4.69) is 13.8 Å². The van der Waals surface area contributed by atoms with Crippen LogP contribution in [0.5, 0.6) is 0 Å². The second-order valence-electron chi connectivity index (χ2n) is 7.18. The van der Waals surface area contributed by atoms with E-state index in [9.17, 15) is 9.59 Å². The van der Waals surface area contributed by atoms with E-state index < -0.39 is 6.04 Å². The third-order valence-corrected chi connectivity index (χ3v) is 4.83. The number of aromatic nitrogens is 1. The van der Waals surface area contributed by atoms with Gasteiger partial charge in [0.2, 0.25) is 5.91 Å². The number of nitrogens with two attached hydrogens (primary N) is 1. The summed E-state index contributed by atoms with van der Waals surface area (Å²) in [6.45, 7) is 6.29. The molecule has 22 heavy (non-hydrogen) atoms. The molecule has 2 aliphatic heterocycles. The molecule has 0 aliphatic carbocycles. The molecule has 5 nitrogen and oxygen atoms in total. The van der Waals surface area contributed by atoms with Crippen molar-refractivity contribution in [2.24, 2.45) is 17.6 Å². The van der Waals surface area contributed by atoms with Gasteiger partial charge >= 0.3 is 0 Å². The summed E-state index contributed by atoms with van der Waals surface area (Å²) in [5.41, 5.74) is 7.21. The van der Waals surface area contributed by atoms with Crippen molar-refractivity contribution in [2.45, 2.75) is 45.2 Å². The molecule has 3 rings (SSSR count). The molecule has 2 unspecified atom stereocenters. The second-order valence-corrected chi connectivity index (χ2v) is 7.18. The van der Waals surface area contributed by atoms with Crippen LogP contribution < -0.4 is 11.3 Å². The molecule has 2 N–H and O–H groups in total. The molecule has 2 aliphatic rings. The number of piperidine rings is 1. The Balaban J connectivity index is 1.79. The maximum absolute atomic E-state index is 12.6. The van der Waals surface area contributed by atoms with Crippen LogP contribution in [0.1, 0.15) is 38.3 Å². The van der Waals surface area contributed by atoms with E-state index in [1.165, 1.54) is 0 Å². The fourth-order valence-corrected chi connectivity index (χ4v) is 3.92. The average Bonchev–Trinajstić information content (AvgIpc) is 2.46. The number of nitrogens with zero attached hydrogens (tertiary/aromatic N) is 2. The highest BCUT2D eigenvalue weighted by Gasteiger charge is 2.37. The fraction of sp³-hybridized carbons (Fsp3) is 0.647. The Morgan fingerprint density at radius 2 is 2.09 bits per heavy atom. The van der Waals surface area contributed by atoms with Crippen molar-refractivity contribution in [3.63, 3.8) is 0 Å². The van der Waals surface area contributed by atoms with Gasteiger partial charge in [0.05, 0.1) is 6.04 Å². The van der Waals surface area contributed by atoms with E-state index in [0.29, 0.717) is 24.9 Å². The lowest BCUT2D eigenvalue weighted by atomic mass is 9.83. The second kappa shape index (κ2) is 5.88. The molecule has 1 aromatic rings. The van der Waals surface area contributed by atoms with E-state index in [1.807, 2.05) is 21.6 Å². The molecule has 0 aromatic carbocycles. The zero-order chi connectivity index (χ0) is 15.9. The summed E-state index contributed by atoms with van der Waals surface area (Å²) in [7, 11) is 0. The minimum atomic E-state index is -0.406. The third kappa shape index (κ3) is 2.82. The molecule has 1 aromatic heterocycles. The van der Waals surface area contributed by atoms with E-state index in [0.717, 1.165) is 25.1 Å². The molecule has 1 amide bonds. The van der Waals surface area contributed by atoms with Crippen molar-refractivity contribution in [2.75, 3.05) is 13.1 Å². The van der Waals surface area contributed by atoms with Gasteiger partial charge in [-0.25, -0.2) is 0 Å². The van der Waals surface area contributed by atoms with Crippen molar-refractivity contribution < 1.29 is 4.79 Å². The lowest BCUT2D eigenvalue weighted by molar-refractivity contribution is -0.135. The van der Waals surface area contributed by atoms with Crippen LogP contribution in [0.3, 0.4) is 0 Å². The largest absolute Gasteiger partial charge is 0.340 e. The molecule has 3 atom stereocenters. The lowest BCUT2D eigenvalue weighted by Crippen LogP contribution is -2.53. The minimum absolute atomic E-state index is 0.0649. The summed E-state index contributed by atoms with van der Waals surface area (Å²) in [5, 5.41) is 0. The Kier molecular flexibility index (Phi) is 4.08. The Labute approximate surface area is 131 Å². The molecule has 0 saturated carbocycles. The maximum atomic E-state index is 12.6. The number of carbonyl (C=O) groups excluding carboxylic acids is 1. The molecular weight excluding hydrogens is 278 g/mol. The van der Waals surface area contributed by atoms with Crippen LogP contribution in [0.4, 0.5) is 0 Å². The summed E-state index contributed by atoms with van der Waals surface area (Å²) in [6.07, 6.45) is 1.79. The molecule has 5 heteroatoms. The first-order chi connectivity index (χ1) is 10.5. The van der Waals surface area contributed by atoms with Gasteiger partial charge in [0.15, 0.2) is 0 Å². The van der Waals surface area contributed by atoms with Crippen LogP contribution in [0.25, 0.3) is 0 Å². The topological polar surface area (TPSA) is 68.3 Å².